The van der Waals surface area contributed by atoms with Gasteiger partial charge < -0.3 is 10.1 Å². The van der Waals surface area contributed by atoms with E-state index in [2.05, 4.69) is 17.2 Å². The number of thioether (sulfide) groups is 1. The van der Waals surface area contributed by atoms with Gasteiger partial charge in [-0.3, -0.25) is 4.99 Å². The summed E-state index contributed by atoms with van der Waals surface area (Å²) in [5.74, 6) is 2.05. The highest BCUT2D eigenvalue weighted by molar-refractivity contribution is 8.13. The molecule has 0 amide bonds. The maximum atomic E-state index is 5.53. The molecule has 0 aromatic heterocycles. The first-order valence-electron chi connectivity index (χ1n) is 5.86. The highest BCUT2D eigenvalue weighted by Crippen LogP contribution is 2.28. The summed E-state index contributed by atoms with van der Waals surface area (Å²) in [6, 6.07) is 0.581. The molecule has 1 aliphatic carbocycles. The Morgan fingerprint density at radius 1 is 1.47 bits per heavy atom. The molecule has 4 heteroatoms. The monoisotopic (exact) mass is 228 g/mol. The number of amidine groups is 1. The van der Waals surface area contributed by atoms with Crippen LogP contribution in [-0.2, 0) is 4.74 Å². The lowest BCUT2D eigenvalue weighted by atomic mass is 10.3. The van der Waals surface area contributed by atoms with E-state index >= 15 is 0 Å². The summed E-state index contributed by atoms with van der Waals surface area (Å²) in [5, 5.41) is 4.49. The molecule has 2 rings (SSSR count). The van der Waals surface area contributed by atoms with Gasteiger partial charge in [0.25, 0.3) is 0 Å². The van der Waals surface area contributed by atoms with Crippen molar-refractivity contribution in [2.75, 3.05) is 25.5 Å². The largest absolute Gasteiger partial charge is 0.379 e. The highest BCUT2D eigenvalue weighted by Gasteiger charge is 2.20. The lowest BCUT2D eigenvalue weighted by Gasteiger charge is -2.21. The van der Waals surface area contributed by atoms with Crippen molar-refractivity contribution in [3.05, 3.63) is 0 Å². The molecule has 1 saturated heterocycles. The zero-order chi connectivity index (χ0) is 10.5. The van der Waals surface area contributed by atoms with Gasteiger partial charge in [-0.2, -0.15) is 0 Å². The van der Waals surface area contributed by atoms with Crippen LogP contribution in [0.2, 0.25) is 0 Å². The van der Waals surface area contributed by atoms with E-state index in [1.54, 1.807) is 0 Å². The molecule has 1 heterocycles. The van der Waals surface area contributed by atoms with Crippen molar-refractivity contribution < 1.29 is 4.74 Å². The Labute approximate surface area is 96.1 Å². The number of nitrogens with one attached hydrogen (secondary N) is 1. The van der Waals surface area contributed by atoms with E-state index in [9.17, 15) is 0 Å². The molecule has 1 aliphatic heterocycles. The van der Waals surface area contributed by atoms with Gasteiger partial charge in [0, 0.05) is 18.4 Å². The summed E-state index contributed by atoms with van der Waals surface area (Å²) in [6.45, 7) is 4.73. The SMILES string of the molecule is CC1CCSC(=NCCOCC2CC2)N1. The van der Waals surface area contributed by atoms with Crippen LogP contribution in [0.25, 0.3) is 0 Å². The van der Waals surface area contributed by atoms with Crippen molar-refractivity contribution in [1.29, 1.82) is 0 Å². The van der Waals surface area contributed by atoms with E-state index in [1.165, 1.54) is 25.0 Å². The van der Waals surface area contributed by atoms with Crippen LogP contribution < -0.4 is 5.32 Å². The summed E-state index contributed by atoms with van der Waals surface area (Å²) >= 11 is 1.83. The van der Waals surface area contributed by atoms with Gasteiger partial charge in [-0.05, 0) is 32.1 Å². The molecule has 0 spiro atoms. The smallest absolute Gasteiger partial charge is 0.156 e. The Morgan fingerprint density at radius 3 is 3.07 bits per heavy atom. The van der Waals surface area contributed by atoms with Gasteiger partial charge in [0.1, 0.15) is 0 Å². The molecule has 15 heavy (non-hydrogen) atoms. The molecule has 0 bridgehead atoms. The Morgan fingerprint density at radius 2 is 2.33 bits per heavy atom. The second-order valence-electron chi connectivity index (χ2n) is 4.39. The Hall–Kier alpha value is -0.220. The van der Waals surface area contributed by atoms with E-state index in [-0.39, 0.29) is 0 Å². The van der Waals surface area contributed by atoms with E-state index in [1.807, 2.05) is 11.8 Å². The molecule has 1 saturated carbocycles. The number of hydrogen-bond donors (Lipinski definition) is 1. The zero-order valence-corrected chi connectivity index (χ0v) is 10.2. The number of rotatable bonds is 5. The molecule has 0 aromatic carbocycles. The quantitative estimate of drug-likeness (QED) is 0.730. The Bertz CT molecular complexity index is 229. The normalized spacial score (nSPS) is 29.1. The van der Waals surface area contributed by atoms with Gasteiger partial charge in [-0.1, -0.05) is 11.8 Å². The summed E-state index contributed by atoms with van der Waals surface area (Å²) in [6.07, 6.45) is 3.97. The Balaban J connectivity index is 1.55. The van der Waals surface area contributed by atoms with Gasteiger partial charge in [0.2, 0.25) is 0 Å². The van der Waals surface area contributed by atoms with Gasteiger partial charge in [-0.15, -0.1) is 0 Å². The minimum absolute atomic E-state index is 0.581. The second kappa shape index (κ2) is 5.75. The average molecular weight is 228 g/mol. The number of ether oxygens (including phenoxy) is 1. The fourth-order valence-electron chi connectivity index (χ4n) is 1.49. The predicted molar refractivity (Wildman–Crippen MR) is 65.5 cm³/mol. The van der Waals surface area contributed by atoms with Crippen LogP contribution in [0.3, 0.4) is 0 Å². The average Bonchev–Trinajstić information content (AvgIpc) is 3.01. The predicted octanol–water partition coefficient (Wildman–Crippen LogP) is 1.88. The Kier molecular flexibility index (Phi) is 4.32. The minimum atomic E-state index is 0.581. The fraction of sp³-hybridized carbons (Fsp3) is 0.909. The second-order valence-corrected chi connectivity index (χ2v) is 5.47. The molecule has 2 aliphatic rings. The third-order valence-corrected chi connectivity index (χ3v) is 3.66. The molecule has 2 fully saturated rings. The molecule has 0 radical (unpaired) electrons. The van der Waals surface area contributed by atoms with Crippen molar-refractivity contribution in [3.8, 4) is 0 Å². The van der Waals surface area contributed by atoms with Crippen molar-refractivity contribution in [1.82, 2.24) is 5.32 Å². The van der Waals surface area contributed by atoms with Crippen molar-refractivity contribution in [3.63, 3.8) is 0 Å². The third kappa shape index (κ3) is 4.43. The molecular formula is C11H20N2OS. The topological polar surface area (TPSA) is 33.6 Å². The van der Waals surface area contributed by atoms with Crippen LogP contribution in [0.1, 0.15) is 26.2 Å². The number of hydrogen-bond acceptors (Lipinski definition) is 3. The van der Waals surface area contributed by atoms with Crippen molar-refractivity contribution in [2.24, 2.45) is 10.9 Å². The first-order chi connectivity index (χ1) is 7.34. The van der Waals surface area contributed by atoms with E-state index in [4.69, 9.17) is 4.74 Å². The van der Waals surface area contributed by atoms with Gasteiger partial charge >= 0.3 is 0 Å². The molecule has 86 valence electrons. The maximum absolute atomic E-state index is 5.53. The van der Waals surface area contributed by atoms with Crippen LogP contribution >= 0.6 is 11.8 Å². The van der Waals surface area contributed by atoms with Crippen LogP contribution in [-0.4, -0.2) is 36.7 Å². The molecular weight excluding hydrogens is 208 g/mol. The molecule has 1 N–H and O–H groups in total. The summed E-state index contributed by atoms with van der Waals surface area (Å²) in [7, 11) is 0. The van der Waals surface area contributed by atoms with E-state index < -0.39 is 0 Å². The van der Waals surface area contributed by atoms with Gasteiger partial charge in [0.15, 0.2) is 5.17 Å². The lowest BCUT2D eigenvalue weighted by Crippen LogP contribution is -2.35. The number of nitrogens with zero attached hydrogens (tertiary/aromatic N) is 1. The third-order valence-electron chi connectivity index (χ3n) is 2.70. The number of aliphatic imine (C=N–C) groups is 1. The first-order valence-corrected chi connectivity index (χ1v) is 6.84. The molecule has 1 atom stereocenters. The zero-order valence-electron chi connectivity index (χ0n) is 9.37. The highest BCUT2D eigenvalue weighted by atomic mass is 32.2. The summed E-state index contributed by atoms with van der Waals surface area (Å²) in [4.78, 5) is 4.49. The van der Waals surface area contributed by atoms with Crippen molar-refractivity contribution >= 4 is 16.9 Å². The fourth-order valence-corrected chi connectivity index (χ4v) is 2.63. The standard InChI is InChI=1S/C11H20N2OS/c1-9-4-7-15-11(13-9)12-5-6-14-8-10-2-3-10/h9-10H,2-8H2,1H3,(H,12,13). The summed E-state index contributed by atoms with van der Waals surface area (Å²) in [5.41, 5.74) is 0. The van der Waals surface area contributed by atoms with E-state index in [0.717, 1.165) is 30.8 Å². The summed E-state index contributed by atoms with van der Waals surface area (Å²) < 4.78 is 5.53. The van der Waals surface area contributed by atoms with Crippen LogP contribution in [0.15, 0.2) is 4.99 Å². The molecule has 3 nitrogen and oxygen atoms in total. The minimum Gasteiger partial charge on any atom is -0.379 e. The molecule has 1 unspecified atom stereocenters. The van der Waals surface area contributed by atoms with Crippen LogP contribution in [0.5, 0.6) is 0 Å². The first kappa shape index (κ1) is 11.3. The van der Waals surface area contributed by atoms with Crippen LogP contribution in [0.4, 0.5) is 0 Å². The van der Waals surface area contributed by atoms with Gasteiger partial charge in [-0.25, -0.2) is 0 Å². The van der Waals surface area contributed by atoms with Crippen molar-refractivity contribution in [2.45, 2.75) is 32.2 Å². The van der Waals surface area contributed by atoms with Gasteiger partial charge in [0.05, 0.1) is 13.2 Å². The van der Waals surface area contributed by atoms with E-state index in [0.29, 0.717) is 6.04 Å². The molecule has 0 aromatic rings. The maximum Gasteiger partial charge on any atom is 0.156 e. The van der Waals surface area contributed by atoms with Crippen LogP contribution in [0, 0.1) is 5.92 Å². The lowest BCUT2D eigenvalue weighted by molar-refractivity contribution is 0.132.